The van der Waals surface area contributed by atoms with Gasteiger partial charge in [0.2, 0.25) is 0 Å². The van der Waals surface area contributed by atoms with Gasteiger partial charge in [-0.3, -0.25) is 4.79 Å². The molecule has 0 aliphatic rings. The molecular weight excluding hydrogens is 184 g/mol. The van der Waals surface area contributed by atoms with E-state index in [0.29, 0.717) is 4.88 Å². The van der Waals surface area contributed by atoms with Gasteiger partial charge in [0, 0.05) is 5.39 Å². The molecule has 0 spiro atoms. The van der Waals surface area contributed by atoms with Crippen molar-refractivity contribution in [2.45, 2.75) is 0 Å². The molecule has 0 aliphatic carbocycles. The normalized spacial score (nSPS) is 9.77. The smallest absolute Gasteiger partial charge is 0.274 e. The Hall–Kier alpha value is -1.73. The Morgan fingerprint density at radius 1 is 1.46 bits per heavy atom. The molecule has 3 nitrogen and oxygen atoms in total. The zero-order valence-corrected chi connectivity index (χ0v) is 7.34. The lowest BCUT2D eigenvalue weighted by atomic mass is 10.2. The SMILES string of the molecule is N#CC(=O)c1snc2ccccc12. The summed E-state index contributed by atoms with van der Waals surface area (Å²) in [6, 6.07) is 8.88. The van der Waals surface area contributed by atoms with Crippen LogP contribution in [0.2, 0.25) is 0 Å². The molecule has 0 fully saturated rings. The fraction of sp³-hybridized carbons (Fsp3) is 0. The average Bonchev–Trinajstić information content (AvgIpc) is 2.60. The third-order valence-corrected chi connectivity index (χ3v) is 2.57. The summed E-state index contributed by atoms with van der Waals surface area (Å²) >= 11 is 1.07. The summed E-state index contributed by atoms with van der Waals surface area (Å²) in [5.74, 6) is -0.515. The van der Waals surface area contributed by atoms with Gasteiger partial charge in [0.15, 0.2) is 0 Å². The van der Waals surface area contributed by atoms with E-state index in [0.717, 1.165) is 22.4 Å². The monoisotopic (exact) mass is 188 g/mol. The van der Waals surface area contributed by atoms with Crippen LogP contribution in [0.4, 0.5) is 0 Å². The highest BCUT2D eigenvalue weighted by molar-refractivity contribution is 7.09. The van der Waals surface area contributed by atoms with Crippen molar-refractivity contribution < 1.29 is 4.79 Å². The minimum absolute atomic E-state index is 0.429. The lowest BCUT2D eigenvalue weighted by Gasteiger charge is -1.86. The number of rotatable bonds is 1. The molecule has 0 aliphatic heterocycles. The first-order valence-electron chi connectivity index (χ1n) is 3.62. The number of nitriles is 1. The van der Waals surface area contributed by atoms with Gasteiger partial charge in [0.25, 0.3) is 5.78 Å². The van der Waals surface area contributed by atoms with Crippen LogP contribution in [0.3, 0.4) is 0 Å². The standard InChI is InChI=1S/C9H4N2OS/c10-5-8(12)9-6-3-1-2-4-7(6)11-13-9/h1-4H. The summed E-state index contributed by atoms with van der Waals surface area (Å²) in [5, 5.41) is 9.21. The molecule has 4 heteroatoms. The number of hydrogen-bond acceptors (Lipinski definition) is 4. The molecule has 2 aromatic rings. The van der Waals surface area contributed by atoms with Gasteiger partial charge in [-0.25, -0.2) is 0 Å². The van der Waals surface area contributed by atoms with Crippen molar-refractivity contribution in [1.82, 2.24) is 4.37 Å². The van der Waals surface area contributed by atoms with Crippen LogP contribution in [0.5, 0.6) is 0 Å². The molecule has 1 heterocycles. The Balaban J connectivity index is 2.73. The van der Waals surface area contributed by atoms with Crippen LogP contribution in [0.1, 0.15) is 9.67 Å². The molecule has 0 N–H and O–H groups in total. The first kappa shape index (κ1) is 7.90. The number of carbonyl (C=O) groups is 1. The predicted molar refractivity (Wildman–Crippen MR) is 49.6 cm³/mol. The topological polar surface area (TPSA) is 53.8 Å². The van der Waals surface area contributed by atoms with Crippen molar-refractivity contribution in [3.05, 3.63) is 29.1 Å². The number of hydrogen-bond donors (Lipinski definition) is 0. The van der Waals surface area contributed by atoms with Gasteiger partial charge in [0.05, 0.1) is 5.52 Å². The molecule has 2 rings (SSSR count). The van der Waals surface area contributed by atoms with Crippen molar-refractivity contribution in [2.24, 2.45) is 0 Å². The van der Waals surface area contributed by atoms with Crippen LogP contribution in [0, 0.1) is 11.3 Å². The maximum Gasteiger partial charge on any atom is 0.274 e. The molecule has 1 aromatic carbocycles. The van der Waals surface area contributed by atoms with Crippen LogP contribution in [-0.2, 0) is 0 Å². The fourth-order valence-corrected chi connectivity index (χ4v) is 1.85. The number of benzene rings is 1. The van der Waals surface area contributed by atoms with Crippen molar-refractivity contribution in [3.63, 3.8) is 0 Å². The Morgan fingerprint density at radius 3 is 3.00 bits per heavy atom. The summed E-state index contributed by atoms with van der Waals surface area (Å²) in [6.07, 6.45) is 0. The average molecular weight is 188 g/mol. The lowest BCUT2D eigenvalue weighted by Crippen LogP contribution is -1.89. The van der Waals surface area contributed by atoms with E-state index in [-0.39, 0.29) is 0 Å². The van der Waals surface area contributed by atoms with E-state index in [1.165, 1.54) is 0 Å². The minimum atomic E-state index is -0.515. The molecule has 0 atom stereocenters. The Bertz CT molecular complexity index is 510. The first-order valence-corrected chi connectivity index (χ1v) is 4.39. The summed E-state index contributed by atoms with van der Waals surface area (Å²) in [4.78, 5) is 11.5. The summed E-state index contributed by atoms with van der Waals surface area (Å²) < 4.78 is 4.06. The lowest BCUT2D eigenvalue weighted by molar-refractivity contribution is 0.105. The molecule has 62 valence electrons. The van der Waals surface area contributed by atoms with E-state index in [9.17, 15) is 4.79 Å². The Morgan fingerprint density at radius 2 is 2.23 bits per heavy atom. The van der Waals surface area contributed by atoms with Crippen LogP contribution in [-0.4, -0.2) is 10.2 Å². The molecule has 0 saturated heterocycles. The second-order valence-electron chi connectivity index (χ2n) is 2.47. The van der Waals surface area contributed by atoms with Crippen LogP contribution in [0.15, 0.2) is 24.3 Å². The van der Waals surface area contributed by atoms with Crippen LogP contribution in [0.25, 0.3) is 10.9 Å². The molecule has 0 amide bonds. The van der Waals surface area contributed by atoms with Gasteiger partial charge in [-0.05, 0) is 17.6 Å². The Labute approximate surface area is 78.4 Å². The van der Waals surface area contributed by atoms with Gasteiger partial charge in [-0.2, -0.15) is 9.64 Å². The molecule has 0 saturated carbocycles. The number of ketones is 1. The quantitative estimate of drug-likeness (QED) is 0.508. The summed E-state index contributed by atoms with van der Waals surface area (Å²) in [7, 11) is 0. The van der Waals surface area contributed by atoms with Crippen LogP contribution >= 0.6 is 11.5 Å². The van der Waals surface area contributed by atoms with Crippen LogP contribution < -0.4 is 0 Å². The van der Waals surface area contributed by atoms with E-state index in [1.54, 1.807) is 12.1 Å². The zero-order chi connectivity index (χ0) is 9.26. The highest BCUT2D eigenvalue weighted by Gasteiger charge is 2.12. The maximum absolute atomic E-state index is 11.1. The van der Waals surface area contributed by atoms with Crippen molar-refractivity contribution in [2.75, 3.05) is 0 Å². The fourth-order valence-electron chi connectivity index (χ4n) is 1.10. The molecule has 0 unspecified atom stereocenters. The second-order valence-corrected chi connectivity index (χ2v) is 3.24. The summed E-state index contributed by atoms with van der Waals surface area (Å²) in [5.41, 5.74) is 0.770. The molecule has 13 heavy (non-hydrogen) atoms. The summed E-state index contributed by atoms with van der Waals surface area (Å²) in [6.45, 7) is 0. The number of nitrogens with zero attached hydrogens (tertiary/aromatic N) is 2. The van der Waals surface area contributed by atoms with E-state index >= 15 is 0 Å². The largest absolute Gasteiger partial charge is 0.276 e. The van der Waals surface area contributed by atoms with Crippen molar-refractivity contribution >= 4 is 28.2 Å². The van der Waals surface area contributed by atoms with E-state index in [1.807, 2.05) is 18.2 Å². The van der Waals surface area contributed by atoms with Gasteiger partial charge in [-0.15, -0.1) is 0 Å². The zero-order valence-electron chi connectivity index (χ0n) is 6.52. The van der Waals surface area contributed by atoms with Crippen molar-refractivity contribution in [3.8, 4) is 6.07 Å². The minimum Gasteiger partial charge on any atom is -0.276 e. The molecule has 1 aromatic heterocycles. The molecule has 0 radical (unpaired) electrons. The number of carbonyl (C=O) groups excluding carboxylic acids is 1. The Kier molecular flexibility index (Phi) is 1.80. The van der Waals surface area contributed by atoms with Gasteiger partial charge < -0.3 is 0 Å². The van der Waals surface area contributed by atoms with E-state index < -0.39 is 5.78 Å². The molecular formula is C9H4N2OS. The predicted octanol–water partition coefficient (Wildman–Crippen LogP) is 2.00. The highest BCUT2D eigenvalue weighted by atomic mass is 32.1. The number of Topliss-reactive ketones (excluding diaryl/α,β-unsaturated/α-hetero) is 1. The van der Waals surface area contributed by atoms with Gasteiger partial charge in [0.1, 0.15) is 10.9 Å². The maximum atomic E-state index is 11.1. The van der Waals surface area contributed by atoms with Gasteiger partial charge in [-0.1, -0.05) is 18.2 Å². The van der Waals surface area contributed by atoms with E-state index in [2.05, 4.69) is 4.37 Å². The second kappa shape index (κ2) is 2.96. The third kappa shape index (κ3) is 1.19. The van der Waals surface area contributed by atoms with Crippen molar-refractivity contribution in [1.29, 1.82) is 5.26 Å². The third-order valence-electron chi connectivity index (χ3n) is 1.69. The number of fused-ring (bicyclic) bond motifs is 1. The number of aromatic nitrogens is 1. The van der Waals surface area contributed by atoms with Gasteiger partial charge >= 0.3 is 0 Å². The highest BCUT2D eigenvalue weighted by Crippen LogP contribution is 2.21. The van der Waals surface area contributed by atoms with E-state index in [4.69, 9.17) is 5.26 Å². The molecule has 0 bridgehead atoms. The first-order chi connectivity index (χ1) is 6.33.